The zero-order chi connectivity index (χ0) is 27.3. The molecule has 36 heavy (non-hydrogen) atoms. The quantitative estimate of drug-likeness (QED) is 0.111. The maximum Gasteiger partial charge on any atom is 0.312 e. The molecule has 7 N–H and O–H groups in total. The van der Waals surface area contributed by atoms with Crippen LogP contribution in [-0.4, -0.2) is 67.5 Å². The van der Waals surface area contributed by atoms with Crippen molar-refractivity contribution in [2.45, 2.75) is 58.1 Å². The first-order valence-electron chi connectivity index (χ1n) is 11.6. The van der Waals surface area contributed by atoms with E-state index in [4.69, 9.17) is 13.6 Å². The lowest BCUT2D eigenvalue weighted by molar-refractivity contribution is -0.131. The summed E-state index contributed by atoms with van der Waals surface area (Å²) in [5.74, 6) is -1.94. The van der Waals surface area contributed by atoms with Crippen LogP contribution < -0.4 is 32.3 Å². The second kappa shape index (κ2) is 15.8. The van der Waals surface area contributed by atoms with Crippen molar-refractivity contribution in [2.75, 3.05) is 17.2 Å². The third kappa shape index (κ3) is 11.1. The van der Waals surface area contributed by atoms with Gasteiger partial charge in [-0.3, -0.25) is 19.2 Å². The summed E-state index contributed by atoms with van der Waals surface area (Å²) in [7, 11) is 5.58. The average Bonchev–Trinajstić information content (AvgIpc) is 2.83. The number of halogens is 1. The maximum absolute atomic E-state index is 13.1. The van der Waals surface area contributed by atoms with Gasteiger partial charge in [-0.2, -0.15) is 0 Å². The standard InChI is InChI=1S/C23H34BBrN6O5/c1-13(2)19(31-20(33)15-6-8-16(9-7-15)29-18(32)12-25)22(35)30-17(5-4-10-27-23(26)36)21(34)28-14(3)11-24/h6-9,13-14,17,19H,4-5,10-12H2,1-3H3,(H,28,34)(H,29,32)(H,30,35)(H,31,33)(H3,26,27,36)/t14-,17-,19?/m0/s1. The molecule has 0 heterocycles. The number of anilines is 1. The van der Waals surface area contributed by atoms with Crippen LogP contribution >= 0.6 is 15.9 Å². The zero-order valence-electron chi connectivity index (χ0n) is 20.7. The maximum atomic E-state index is 13.1. The summed E-state index contributed by atoms with van der Waals surface area (Å²) >= 11 is 3.06. The summed E-state index contributed by atoms with van der Waals surface area (Å²) in [5.41, 5.74) is 5.89. The van der Waals surface area contributed by atoms with Crippen LogP contribution in [0.1, 0.15) is 44.0 Å². The molecule has 1 aromatic carbocycles. The Morgan fingerprint density at radius 3 is 2.14 bits per heavy atom. The number of primary amides is 1. The number of carbonyl (C=O) groups excluding carboxylic acids is 5. The lowest BCUT2D eigenvalue weighted by Gasteiger charge is -2.26. The summed E-state index contributed by atoms with van der Waals surface area (Å²) in [6.07, 6.45) is 0.837. The Kier molecular flexibility index (Phi) is 13.6. The van der Waals surface area contributed by atoms with E-state index in [9.17, 15) is 24.0 Å². The second-order valence-electron chi connectivity index (χ2n) is 8.59. The number of alkyl halides is 1. The molecule has 11 nitrogen and oxygen atoms in total. The lowest BCUT2D eigenvalue weighted by atomic mass is 9.98. The molecule has 0 spiro atoms. The van der Waals surface area contributed by atoms with Gasteiger partial charge in [-0.15, -0.1) is 0 Å². The molecule has 0 fully saturated rings. The Balaban J connectivity index is 2.90. The van der Waals surface area contributed by atoms with E-state index < -0.39 is 35.8 Å². The van der Waals surface area contributed by atoms with E-state index in [1.54, 1.807) is 32.9 Å². The Hall–Kier alpha value is -3.09. The Bertz CT molecular complexity index is 915. The van der Waals surface area contributed by atoms with E-state index in [0.717, 1.165) is 0 Å². The summed E-state index contributed by atoms with van der Waals surface area (Å²) in [5, 5.41) is 13.4. The number of hydrogen-bond acceptors (Lipinski definition) is 5. The molecular formula is C23H34BBrN6O5. The van der Waals surface area contributed by atoms with Gasteiger partial charge >= 0.3 is 6.03 Å². The monoisotopic (exact) mass is 564 g/mol. The van der Waals surface area contributed by atoms with E-state index in [1.807, 2.05) is 0 Å². The lowest BCUT2D eigenvalue weighted by Crippen LogP contribution is -2.56. The number of amides is 6. The highest BCUT2D eigenvalue weighted by Gasteiger charge is 2.29. The molecule has 3 atom stereocenters. The van der Waals surface area contributed by atoms with E-state index in [1.165, 1.54) is 12.1 Å². The predicted molar refractivity (Wildman–Crippen MR) is 142 cm³/mol. The van der Waals surface area contributed by atoms with Crippen molar-refractivity contribution in [1.29, 1.82) is 0 Å². The summed E-state index contributed by atoms with van der Waals surface area (Å²) < 4.78 is 0. The molecule has 6 amide bonds. The summed E-state index contributed by atoms with van der Waals surface area (Å²) in [6, 6.07) is 3.42. The fourth-order valence-electron chi connectivity index (χ4n) is 3.11. The van der Waals surface area contributed by atoms with Gasteiger partial charge in [-0.1, -0.05) is 36.1 Å². The SMILES string of the molecule is [B]C[C@H](C)NC(=O)[C@H](CCCNC(N)=O)NC(=O)C(NC(=O)c1ccc(NC(=O)CBr)cc1)C(C)C. The van der Waals surface area contributed by atoms with Crippen LogP contribution in [0.15, 0.2) is 24.3 Å². The number of hydrogen-bond donors (Lipinski definition) is 6. The van der Waals surface area contributed by atoms with Crippen LogP contribution in [0, 0.1) is 5.92 Å². The Labute approximate surface area is 221 Å². The van der Waals surface area contributed by atoms with Crippen molar-refractivity contribution < 1.29 is 24.0 Å². The molecular weight excluding hydrogens is 531 g/mol. The highest BCUT2D eigenvalue weighted by molar-refractivity contribution is 9.09. The molecule has 2 radical (unpaired) electrons. The van der Waals surface area contributed by atoms with Crippen LogP contribution in [0.25, 0.3) is 0 Å². The third-order valence-electron chi connectivity index (χ3n) is 5.13. The number of urea groups is 1. The van der Waals surface area contributed by atoms with Crippen LogP contribution in [0.5, 0.6) is 0 Å². The van der Waals surface area contributed by atoms with Gasteiger partial charge in [-0.05, 0) is 49.9 Å². The van der Waals surface area contributed by atoms with Gasteiger partial charge in [-0.25, -0.2) is 4.79 Å². The zero-order valence-corrected chi connectivity index (χ0v) is 22.3. The fourth-order valence-corrected chi connectivity index (χ4v) is 3.25. The molecule has 0 aromatic heterocycles. The normalized spacial score (nSPS) is 13.1. The number of carbonyl (C=O) groups is 5. The average molecular weight is 565 g/mol. The molecule has 1 rings (SSSR count). The number of rotatable bonds is 14. The minimum Gasteiger partial charge on any atom is -0.353 e. The molecule has 1 aromatic rings. The van der Waals surface area contributed by atoms with E-state index in [-0.39, 0.29) is 42.5 Å². The minimum absolute atomic E-state index is 0.145. The van der Waals surface area contributed by atoms with Gasteiger partial charge < -0.3 is 32.3 Å². The van der Waals surface area contributed by atoms with Crippen molar-refractivity contribution in [3.8, 4) is 0 Å². The van der Waals surface area contributed by atoms with Crippen molar-refractivity contribution >= 4 is 59.1 Å². The number of nitrogens with two attached hydrogens (primary N) is 1. The molecule has 0 bridgehead atoms. The Morgan fingerprint density at radius 2 is 1.61 bits per heavy atom. The molecule has 196 valence electrons. The third-order valence-corrected chi connectivity index (χ3v) is 5.64. The van der Waals surface area contributed by atoms with Gasteiger partial charge in [0.2, 0.25) is 17.7 Å². The van der Waals surface area contributed by atoms with Crippen LogP contribution in [0.2, 0.25) is 6.32 Å². The number of benzene rings is 1. The van der Waals surface area contributed by atoms with Gasteiger partial charge in [0.25, 0.3) is 5.91 Å². The van der Waals surface area contributed by atoms with E-state index in [0.29, 0.717) is 17.7 Å². The molecule has 0 saturated carbocycles. The Morgan fingerprint density at radius 1 is 0.972 bits per heavy atom. The highest BCUT2D eigenvalue weighted by Crippen LogP contribution is 2.12. The number of nitrogens with one attached hydrogen (secondary N) is 5. The second-order valence-corrected chi connectivity index (χ2v) is 9.15. The first-order valence-corrected chi connectivity index (χ1v) is 12.7. The molecule has 0 aliphatic rings. The van der Waals surface area contributed by atoms with Gasteiger partial charge in [0.15, 0.2) is 0 Å². The fraction of sp³-hybridized carbons (Fsp3) is 0.522. The van der Waals surface area contributed by atoms with Gasteiger partial charge in [0.05, 0.1) is 13.2 Å². The largest absolute Gasteiger partial charge is 0.353 e. The van der Waals surface area contributed by atoms with E-state index >= 15 is 0 Å². The predicted octanol–water partition coefficient (Wildman–Crippen LogP) is 0.799. The van der Waals surface area contributed by atoms with Crippen LogP contribution in [-0.2, 0) is 14.4 Å². The van der Waals surface area contributed by atoms with Crippen molar-refractivity contribution in [2.24, 2.45) is 11.7 Å². The molecule has 13 heteroatoms. The molecule has 0 saturated heterocycles. The van der Waals surface area contributed by atoms with Crippen molar-refractivity contribution in [3.05, 3.63) is 29.8 Å². The summed E-state index contributed by atoms with van der Waals surface area (Å²) in [6.45, 7) is 5.51. The smallest absolute Gasteiger partial charge is 0.312 e. The first kappa shape index (κ1) is 30.9. The first-order chi connectivity index (χ1) is 17.0. The van der Waals surface area contributed by atoms with Crippen molar-refractivity contribution in [1.82, 2.24) is 21.3 Å². The molecule has 0 aliphatic heterocycles. The van der Waals surface area contributed by atoms with Crippen LogP contribution in [0.4, 0.5) is 10.5 Å². The van der Waals surface area contributed by atoms with Crippen LogP contribution in [0.3, 0.4) is 0 Å². The minimum atomic E-state index is -0.920. The van der Waals surface area contributed by atoms with Crippen molar-refractivity contribution in [3.63, 3.8) is 0 Å². The summed E-state index contributed by atoms with van der Waals surface area (Å²) in [4.78, 5) is 61.0. The van der Waals surface area contributed by atoms with E-state index in [2.05, 4.69) is 42.5 Å². The highest BCUT2D eigenvalue weighted by atomic mass is 79.9. The molecule has 0 aliphatic carbocycles. The topological polar surface area (TPSA) is 172 Å². The van der Waals surface area contributed by atoms with Gasteiger partial charge in [0.1, 0.15) is 12.1 Å². The molecule has 1 unspecified atom stereocenters. The van der Waals surface area contributed by atoms with Gasteiger partial charge in [0, 0.05) is 23.8 Å².